The first kappa shape index (κ1) is 26.4. The normalized spacial score (nSPS) is 14.5. The lowest BCUT2D eigenvalue weighted by Crippen LogP contribution is -2.41. The number of benzene rings is 2. The van der Waals surface area contributed by atoms with Crippen LogP contribution in [0.4, 0.5) is 36.4 Å². The quantitative estimate of drug-likeness (QED) is 0.295. The first-order valence-electron chi connectivity index (χ1n) is 9.27. The van der Waals surface area contributed by atoms with Crippen LogP contribution in [0, 0.1) is 5.82 Å². The van der Waals surface area contributed by atoms with Gasteiger partial charge in [0.1, 0.15) is 11.9 Å². The van der Waals surface area contributed by atoms with Gasteiger partial charge in [-0.3, -0.25) is 10.1 Å². The smallest absolute Gasteiger partial charge is 0.326 e. The number of nitrogens with two attached hydrogens (primary N) is 1. The molecule has 0 saturated heterocycles. The van der Waals surface area contributed by atoms with Crippen LogP contribution in [-0.2, 0) is 6.18 Å². The first-order chi connectivity index (χ1) is 15.1. The molecule has 0 bridgehead atoms. The van der Waals surface area contributed by atoms with Crippen LogP contribution < -0.4 is 16.4 Å². The highest BCUT2D eigenvalue weighted by atomic mass is 35.5. The summed E-state index contributed by atoms with van der Waals surface area (Å²) in [6, 6.07) is 3.21. The molecule has 0 aliphatic carbocycles. The molecule has 2 rings (SSSR count). The summed E-state index contributed by atoms with van der Waals surface area (Å²) in [4.78, 5) is 16.4. The van der Waals surface area contributed by atoms with Gasteiger partial charge in [0.15, 0.2) is 0 Å². The number of hydrogen-bond donors (Lipinski definition) is 3. The van der Waals surface area contributed by atoms with Crippen LogP contribution in [0.2, 0.25) is 5.02 Å². The number of carbonyl (C=O) groups excluding carboxylic acids is 1. The van der Waals surface area contributed by atoms with Gasteiger partial charge in [-0.2, -0.15) is 26.3 Å². The Hall–Kier alpha value is -2.86. The van der Waals surface area contributed by atoms with E-state index in [1.807, 2.05) is 0 Å². The number of nitrogens with one attached hydrogen (secondary N) is 2. The lowest BCUT2D eigenvalue weighted by Gasteiger charge is -2.19. The third kappa shape index (κ3) is 8.21. The summed E-state index contributed by atoms with van der Waals surface area (Å²) in [6.45, 7) is 1.30. The molecule has 0 aliphatic heterocycles. The van der Waals surface area contributed by atoms with Crippen LogP contribution in [0.5, 0.6) is 0 Å². The molecule has 13 heteroatoms. The zero-order valence-corrected chi connectivity index (χ0v) is 17.6. The Labute approximate surface area is 188 Å². The molecule has 0 spiro atoms. The fourth-order valence-corrected chi connectivity index (χ4v) is 2.84. The monoisotopic (exact) mass is 498 g/mol. The molecule has 0 heterocycles. The van der Waals surface area contributed by atoms with E-state index < -0.39 is 48.1 Å². The van der Waals surface area contributed by atoms with E-state index in [1.54, 1.807) is 0 Å². The molecule has 33 heavy (non-hydrogen) atoms. The summed E-state index contributed by atoms with van der Waals surface area (Å²) in [5, 5.41) is 4.77. The number of alkyl halides is 6. The number of halogens is 8. The van der Waals surface area contributed by atoms with Crippen molar-refractivity contribution in [3.05, 3.63) is 64.4 Å². The summed E-state index contributed by atoms with van der Waals surface area (Å²) >= 11 is 5.77. The third-order valence-electron chi connectivity index (χ3n) is 4.20. The summed E-state index contributed by atoms with van der Waals surface area (Å²) in [6.07, 6.45) is -9.90. The average Bonchev–Trinajstić information content (AvgIpc) is 2.65. The van der Waals surface area contributed by atoms with Crippen LogP contribution in [0.15, 0.2) is 47.5 Å². The van der Waals surface area contributed by atoms with E-state index in [0.29, 0.717) is 12.1 Å². The maximum atomic E-state index is 13.6. The Morgan fingerprint density at radius 1 is 1.09 bits per heavy atom. The number of rotatable bonds is 5. The van der Waals surface area contributed by atoms with Crippen molar-refractivity contribution >= 4 is 29.2 Å². The Balaban J connectivity index is 2.28. The zero-order chi connectivity index (χ0) is 25.0. The molecule has 180 valence electrons. The maximum Gasteiger partial charge on any atom is 0.416 e. The number of nitrogens with zero attached hydrogens (tertiary/aromatic N) is 1. The van der Waals surface area contributed by atoms with Crippen molar-refractivity contribution in [1.29, 1.82) is 0 Å². The molecule has 0 fully saturated rings. The first-order valence-corrected chi connectivity index (χ1v) is 9.65. The Kier molecular flexibility index (Phi) is 8.30. The van der Waals surface area contributed by atoms with E-state index in [-0.39, 0.29) is 22.2 Å². The van der Waals surface area contributed by atoms with Crippen molar-refractivity contribution < 1.29 is 35.5 Å². The van der Waals surface area contributed by atoms with Crippen molar-refractivity contribution in [2.45, 2.75) is 37.8 Å². The molecule has 0 radical (unpaired) electrons. The van der Waals surface area contributed by atoms with Gasteiger partial charge in [0, 0.05) is 16.3 Å². The minimum Gasteiger partial charge on any atom is -0.326 e. The highest BCUT2D eigenvalue weighted by molar-refractivity contribution is 6.31. The van der Waals surface area contributed by atoms with Crippen LogP contribution >= 0.6 is 11.6 Å². The van der Waals surface area contributed by atoms with Crippen molar-refractivity contribution in [1.82, 2.24) is 5.32 Å². The number of aliphatic imine (C=N–C) groups is 1. The third-order valence-corrected chi connectivity index (χ3v) is 4.41. The highest BCUT2D eigenvalue weighted by Crippen LogP contribution is 2.29. The van der Waals surface area contributed by atoms with E-state index >= 15 is 0 Å². The predicted molar refractivity (Wildman–Crippen MR) is 109 cm³/mol. The Morgan fingerprint density at radius 3 is 2.21 bits per heavy atom. The van der Waals surface area contributed by atoms with Crippen molar-refractivity contribution in [3.63, 3.8) is 0 Å². The van der Waals surface area contributed by atoms with Crippen molar-refractivity contribution in [2.75, 3.05) is 5.32 Å². The van der Waals surface area contributed by atoms with E-state index in [1.165, 1.54) is 13.0 Å². The van der Waals surface area contributed by atoms with E-state index in [4.69, 9.17) is 17.3 Å². The number of carbonyl (C=O) groups is 1. The second kappa shape index (κ2) is 10.4. The van der Waals surface area contributed by atoms with Crippen LogP contribution in [0.1, 0.15) is 29.3 Å². The fourth-order valence-electron chi connectivity index (χ4n) is 2.62. The Morgan fingerprint density at radius 2 is 1.70 bits per heavy atom. The van der Waals surface area contributed by atoms with E-state index in [0.717, 1.165) is 24.3 Å². The molecule has 2 aromatic rings. The van der Waals surface area contributed by atoms with Crippen LogP contribution in [0.3, 0.4) is 0 Å². The molecule has 2 unspecified atom stereocenters. The molecule has 0 aliphatic rings. The van der Waals surface area contributed by atoms with Gasteiger partial charge in [-0.1, -0.05) is 11.6 Å². The summed E-state index contributed by atoms with van der Waals surface area (Å²) in [5.74, 6) is -2.04. The lowest BCUT2D eigenvalue weighted by atomic mass is 10.1. The molecule has 2 aromatic carbocycles. The summed E-state index contributed by atoms with van der Waals surface area (Å²) in [5.41, 5.74) is 3.95. The molecule has 0 saturated carbocycles. The second-order valence-corrected chi connectivity index (χ2v) is 7.46. The van der Waals surface area contributed by atoms with Gasteiger partial charge in [0.25, 0.3) is 5.91 Å². The minimum atomic E-state index is -4.67. The van der Waals surface area contributed by atoms with E-state index in [9.17, 15) is 35.5 Å². The molecular formula is C20H18ClF7N4O. The fraction of sp³-hybridized carbons (Fsp3) is 0.300. The van der Waals surface area contributed by atoms with Gasteiger partial charge in [-0.05, 0) is 55.8 Å². The largest absolute Gasteiger partial charge is 0.416 e. The second-order valence-electron chi connectivity index (χ2n) is 7.02. The SMILES string of the molecule is CC(CC(N)C(F)(F)F)N=C(NC(=O)c1ccc(C(F)(F)F)cc1)Nc1cc(F)cc(Cl)c1. The van der Waals surface area contributed by atoms with Crippen molar-refractivity contribution in [2.24, 2.45) is 10.7 Å². The van der Waals surface area contributed by atoms with Gasteiger partial charge in [0.2, 0.25) is 5.96 Å². The highest BCUT2D eigenvalue weighted by Gasteiger charge is 2.37. The number of hydrogen-bond acceptors (Lipinski definition) is 3. The summed E-state index contributed by atoms with van der Waals surface area (Å²) in [7, 11) is 0. The molecule has 5 nitrogen and oxygen atoms in total. The molecule has 2 atom stereocenters. The van der Waals surface area contributed by atoms with E-state index in [2.05, 4.69) is 15.6 Å². The predicted octanol–water partition coefficient (Wildman–Crippen LogP) is 5.36. The van der Waals surface area contributed by atoms with Crippen LogP contribution in [0.25, 0.3) is 0 Å². The van der Waals surface area contributed by atoms with Crippen LogP contribution in [-0.4, -0.2) is 30.1 Å². The lowest BCUT2D eigenvalue weighted by molar-refractivity contribution is -0.149. The van der Waals surface area contributed by atoms with Crippen molar-refractivity contribution in [3.8, 4) is 0 Å². The number of guanidine groups is 1. The van der Waals surface area contributed by atoms with Gasteiger partial charge >= 0.3 is 12.4 Å². The number of anilines is 1. The van der Waals surface area contributed by atoms with Gasteiger partial charge in [-0.25, -0.2) is 9.38 Å². The number of amides is 1. The van der Waals surface area contributed by atoms with Gasteiger partial charge in [0.05, 0.1) is 11.6 Å². The zero-order valence-electron chi connectivity index (χ0n) is 16.9. The summed E-state index contributed by atoms with van der Waals surface area (Å²) < 4.78 is 90.0. The standard InChI is InChI=1S/C20H18ClF7N4O/c1-10(6-16(29)20(26,27)28)30-18(31-15-8-13(21)7-14(22)9-15)32-17(33)11-2-4-12(5-3-11)19(23,24)25/h2-5,7-10,16H,6,29H2,1H3,(H2,30,31,32,33). The molecule has 0 aromatic heterocycles. The topological polar surface area (TPSA) is 79.5 Å². The van der Waals surface area contributed by atoms with Gasteiger partial charge in [-0.15, -0.1) is 0 Å². The molecule has 1 amide bonds. The average molecular weight is 499 g/mol. The molecule has 4 N–H and O–H groups in total. The Bertz CT molecular complexity index is 987. The molecular weight excluding hydrogens is 481 g/mol. The maximum absolute atomic E-state index is 13.6. The minimum absolute atomic E-state index is 0.0128. The van der Waals surface area contributed by atoms with Gasteiger partial charge < -0.3 is 11.1 Å².